The zero-order valence-electron chi connectivity index (χ0n) is 16.2. The van der Waals surface area contributed by atoms with Gasteiger partial charge >= 0.3 is 0 Å². The van der Waals surface area contributed by atoms with Gasteiger partial charge in [0, 0.05) is 32.7 Å². The van der Waals surface area contributed by atoms with Crippen molar-refractivity contribution in [1.29, 1.82) is 0 Å². The Hall–Kier alpha value is -2.89. The van der Waals surface area contributed by atoms with Crippen molar-refractivity contribution >= 4 is 5.96 Å². The summed E-state index contributed by atoms with van der Waals surface area (Å²) in [6, 6.07) is 14.1. The van der Waals surface area contributed by atoms with Gasteiger partial charge in [0.25, 0.3) is 0 Å². The number of nitrogens with zero attached hydrogens (tertiary/aromatic N) is 2. The van der Waals surface area contributed by atoms with Gasteiger partial charge in [0.05, 0.1) is 7.11 Å². The highest BCUT2D eigenvalue weighted by Gasteiger charge is 2.12. The van der Waals surface area contributed by atoms with E-state index in [0.717, 1.165) is 41.7 Å². The van der Waals surface area contributed by atoms with Crippen molar-refractivity contribution in [2.45, 2.75) is 13.0 Å². The number of hydrogen-bond acceptors (Lipinski definition) is 4. The first-order valence-electron chi connectivity index (χ1n) is 9.13. The average Bonchev–Trinajstić information content (AvgIpc) is 2.71. The van der Waals surface area contributed by atoms with Crippen LogP contribution in [0.5, 0.6) is 17.2 Å². The second-order valence-electron chi connectivity index (χ2n) is 6.37. The van der Waals surface area contributed by atoms with Gasteiger partial charge in [0.15, 0.2) is 17.5 Å². The van der Waals surface area contributed by atoms with Crippen molar-refractivity contribution in [3.05, 3.63) is 53.6 Å². The second-order valence-corrected chi connectivity index (χ2v) is 6.37. The number of fused-ring (bicyclic) bond motifs is 1. The molecular weight excluding hydrogens is 342 g/mol. The fraction of sp³-hybridized carbons (Fsp3) is 0.381. The molecule has 0 aliphatic carbocycles. The number of rotatable bonds is 6. The van der Waals surface area contributed by atoms with E-state index in [1.807, 2.05) is 31.3 Å². The monoisotopic (exact) mass is 369 g/mol. The number of benzene rings is 2. The number of ether oxygens (including phenoxy) is 3. The minimum Gasteiger partial charge on any atom is -0.496 e. The van der Waals surface area contributed by atoms with Crippen LogP contribution < -0.4 is 19.5 Å². The second kappa shape index (κ2) is 9.16. The molecule has 27 heavy (non-hydrogen) atoms. The quantitative estimate of drug-likeness (QED) is 0.627. The summed E-state index contributed by atoms with van der Waals surface area (Å²) in [6.07, 6.45) is 0.873. The molecule has 0 saturated heterocycles. The largest absolute Gasteiger partial charge is 0.496 e. The third-order valence-electron chi connectivity index (χ3n) is 4.48. The molecule has 6 heteroatoms. The van der Waals surface area contributed by atoms with Crippen molar-refractivity contribution in [3.8, 4) is 17.2 Å². The van der Waals surface area contributed by atoms with Gasteiger partial charge in [0.2, 0.25) is 0 Å². The predicted octanol–water partition coefficient (Wildman–Crippen LogP) is 2.72. The van der Waals surface area contributed by atoms with Crippen LogP contribution in [0.25, 0.3) is 0 Å². The summed E-state index contributed by atoms with van der Waals surface area (Å²) in [5.41, 5.74) is 2.33. The zero-order chi connectivity index (χ0) is 19.1. The first-order chi connectivity index (χ1) is 13.2. The van der Waals surface area contributed by atoms with Crippen molar-refractivity contribution < 1.29 is 14.2 Å². The molecule has 2 aromatic carbocycles. The van der Waals surface area contributed by atoms with Crippen molar-refractivity contribution in [1.82, 2.24) is 10.2 Å². The Morgan fingerprint density at radius 1 is 1.15 bits per heavy atom. The standard InChI is InChI=1S/C21H27N3O3/c1-22-21(24(2)15-17-6-4-5-7-18(17)25-3)23-11-10-16-8-9-19-20(14-16)27-13-12-26-19/h4-9,14H,10-13,15H2,1-3H3,(H,22,23). The van der Waals surface area contributed by atoms with Crippen LogP contribution in [0.15, 0.2) is 47.5 Å². The molecule has 0 aromatic heterocycles. The molecule has 1 N–H and O–H groups in total. The minimum absolute atomic E-state index is 0.606. The van der Waals surface area contributed by atoms with E-state index in [4.69, 9.17) is 14.2 Å². The highest BCUT2D eigenvalue weighted by Crippen LogP contribution is 2.30. The van der Waals surface area contributed by atoms with Gasteiger partial charge in [-0.05, 0) is 30.2 Å². The Balaban J connectivity index is 1.54. The van der Waals surface area contributed by atoms with Gasteiger partial charge in [-0.1, -0.05) is 24.3 Å². The summed E-state index contributed by atoms with van der Waals surface area (Å²) in [5.74, 6) is 3.39. The number of aliphatic imine (C=N–C) groups is 1. The molecule has 0 fully saturated rings. The maximum Gasteiger partial charge on any atom is 0.193 e. The lowest BCUT2D eigenvalue weighted by molar-refractivity contribution is 0.171. The molecule has 1 aliphatic rings. The molecule has 0 spiro atoms. The average molecular weight is 369 g/mol. The van der Waals surface area contributed by atoms with Crippen molar-refractivity contribution in [2.24, 2.45) is 4.99 Å². The number of guanidine groups is 1. The highest BCUT2D eigenvalue weighted by atomic mass is 16.6. The molecular formula is C21H27N3O3. The molecule has 144 valence electrons. The third kappa shape index (κ3) is 4.84. The SMILES string of the molecule is CN=C(NCCc1ccc2c(c1)OCCO2)N(C)Cc1ccccc1OC. The fourth-order valence-electron chi connectivity index (χ4n) is 3.11. The van der Waals surface area contributed by atoms with Crippen LogP contribution in [0.4, 0.5) is 0 Å². The van der Waals surface area contributed by atoms with E-state index in [0.29, 0.717) is 19.8 Å². The number of nitrogens with one attached hydrogen (secondary N) is 1. The maximum absolute atomic E-state index is 5.65. The fourth-order valence-corrected chi connectivity index (χ4v) is 3.11. The summed E-state index contributed by atoms with van der Waals surface area (Å²) in [5, 5.41) is 3.42. The Morgan fingerprint density at radius 2 is 1.93 bits per heavy atom. The number of para-hydroxylation sites is 1. The Labute approximate surface area is 160 Å². The molecule has 0 atom stereocenters. The number of hydrogen-bond donors (Lipinski definition) is 1. The van der Waals surface area contributed by atoms with Crippen LogP contribution in [0.2, 0.25) is 0 Å². The van der Waals surface area contributed by atoms with E-state index in [1.54, 1.807) is 14.2 Å². The molecule has 3 rings (SSSR count). The summed E-state index contributed by atoms with van der Waals surface area (Å²) >= 11 is 0. The first-order valence-corrected chi connectivity index (χ1v) is 9.13. The predicted molar refractivity (Wildman–Crippen MR) is 107 cm³/mol. The van der Waals surface area contributed by atoms with Gasteiger partial charge in [-0.2, -0.15) is 0 Å². The number of methoxy groups -OCH3 is 1. The summed E-state index contributed by atoms with van der Waals surface area (Å²) in [6.45, 7) is 2.72. The first kappa shape index (κ1) is 18.9. The van der Waals surface area contributed by atoms with Crippen LogP contribution in [0.3, 0.4) is 0 Å². The lowest BCUT2D eigenvalue weighted by atomic mass is 10.1. The van der Waals surface area contributed by atoms with E-state index in [-0.39, 0.29) is 0 Å². The van der Waals surface area contributed by atoms with Crippen LogP contribution in [-0.4, -0.2) is 51.8 Å². The zero-order valence-corrected chi connectivity index (χ0v) is 16.2. The maximum atomic E-state index is 5.65. The van der Waals surface area contributed by atoms with Gasteiger partial charge in [-0.3, -0.25) is 4.99 Å². The lowest BCUT2D eigenvalue weighted by Crippen LogP contribution is -2.39. The molecule has 6 nitrogen and oxygen atoms in total. The van der Waals surface area contributed by atoms with E-state index >= 15 is 0 Å². The topological polar surface area (TPSA) is 55.3 Å². The normalized spacial score (nSPS) is 13.2. The molecule has 1 heterocycles. The van der Waals surface area contributed by atoms with Crippen LogP contribution in [-0.2, 0) is 13.0 Å². The summed E-state index contributed by atoms with van der Waals surface area (Å²) in [7, 11) is 5.51. The van der Waals surface area contributed by atoms with E-state index in [2.05, 4.69) is 33.4 Å². The van der Waals surface area contributed by atoms with E-state index in [9.17, 15) is 0 Å². The summed E-state index contributed by atoms with van der Waals surface area (Å²) in [4.78, 5) is 6.47. The Morgan fingerprint density at radius 3 is 2.70 bits per heavy atom. The molecule has 1 aliphatic heterocycles. The lowest BCUT2D eigenvalue weighted by Gasteiger charge is -2.23. The highest BCUT2D eigenvalue weighted by molar-refractivity contribution is 5.79. The smallest absolute Gasteiger partial charge is 0.193 e. The van der Waals surface area contributed by atoms with Crippen LogP contribution >= 0.6 is 0 Å². The van der Waals surface area contributed by atoms with E-state index < -0.39 is 0 Å². The molecule has 0 radical (unpaired) electrons. The Kier molecular flexibility index (Phi) is 6.41. The Bertz CT molecular complexity index is 792. The van der Waals surface area contributed by atoms with Crippen molar-refractivity contribution in [2.75, 3.05) is 41.0 Å². The summed E-state index contributed by atoms with van der Waals surface area (Å²) < 4.78 is 16.7. The van der Waals surface area contributed by atoms with Gasteiger partial charge in [-0.15, -0.1) is 0 Å². The van der Waals surface area contributed by atoms with Gasteiger partial charge in [0.1, 0.15) is 19.0 Å². The third-order valence-corrected chi connectivity index (χ3v) is 4.48. The van der Waals surface area contributed by atoms with E-state index in [1.165, 1.54) is 5.56 Å². The van der Waals surface area contributed by atoms with Crippen molar-refractivity contribution in [3.63, 3.8) is 0 Å². The molecule has 0 bridgehead atoms. The molecule has 2 aromatic rings. The van der Waals surface area contributed by atoms with Crippen LogP contribution in [0.1, 0.15) is 11.1 Å². The van der Waals surface area contributed by atoms with Crippen LogP contribution in [0, 0.1) is 0 Å². The van der Waals surface area contributed by atoms with Gasteiger partial charge in [-0.25, -0.2) is 0 Å². The molecule has 0 amide bonds. The van der Waals surface area contributed by atoms with Gasteiger partial charge < -0.3 is 24.4 Å². The molecule has 0 saturated carbocycles. The minimum atomic E-state index is 0.606. The molecule has 0 unspecified atom stereocenters.